The predicted molar refractivity (Wildman–Crippen MR) is 168 cm³/mol. The summed E-state index contributed by atoms with van der Waals surface area (Å²) in [6.07, 6.45) is 1.48. The topological polar surface area (TPSA) is 107 Å². The van der Waals surface area contributed by atoms with Crippen LogP contribution in [0.2, 0.25) is 0 Å². The molecule has 3 aliphatic heterocycles. The third kappa shape index (κ3) is 6.47. The smallest absolute Gasteiger partial charge is 0.338 e. The van der Waals surface area contributed by atoms with Crippen molar-refractivity contribution in [1.82, 2.24) is 9.80 Å². The van der Waals surface area contributed by atoms with Crippen molar-refractivity contribution in [3.05, 3.63) is 76.3 Å². The molecule has 5 rings (SSSR count). The lowest BCUT2D eigenvalue weighted by molar-refractivity contribution is -0.151. The normalized spacial score (nSPS) is 19.5. The molecule has 0 N–H and O–H groups in total. The first-order chi connectivity index (χ1) is 21.4. The van der Waals surface area contributed by atoms with Crippen LogP contribution >= 0.6 is 11.8 Å². The molecule has 0 aliphatic carbocycles. The number of amidine groups is 1. The number of fused-ring (bicyclic) bond motifs is 1. The molecule has 44 heavy (non-hydrogen) atoms. The molecule has 2 aromatic carbocycles. The maximum Gasteiger partial charge on any atom is 0.338 e. The SMILES string of the molecule is CCOC(=O)C1=C(c2ccccc2)N=C2SC=C(CC(=O)N3CCC[C@@H](C(=O)OCC)C3)N2[C@@H]1c1cc(OC)cc(OC)c1. The summed E-state index contributed by atoms with van der Waals surface area (Å²) in [5.41, 5.74) is 3.03. The maximum absolute atomic E-state index is 13.8. The van der Waals surface area contributed by atoms with Crippen molar-refractivity contribution in [3.63, 3.8) is 0 Å². The number of rotatable bonds is 10. The Morgan fingerprint density at radius 2 is 1.68 bits per heavy atom. The molecule has 1 fully saturated rings. The minimum absolute atomic E-state index is 0.0654. The highest BCUT2D eigenvalue weighted by molar-refractivity contribution is 8.16. The van der Waals surface area contributed by atoms with Gasteiger partial charge in [-0.2, -0.15) is 0 Å². The molecule has 3 aliphatic rings. The fourth-order valence-electron chi connectivity index (χ4n) is 5.71. The van der Waals surface area contributed by atoms with E-state index in [1.165, 1.54) is 11.8 Å². The number of likely N-dealkylation sites (tertiary alicyclic amines) is 1. The molecule has 0 aromatic heterocycles. The Kier molecular flexibility index (Phi) is 9.94. The lowest BCUT2D eigenvalue weighted by Crippen LogP contribution is -2.44. The summed E-state index contributed by atoms with van der Waals surface area (Å²) in [5.74, 6) is -0.105. The van der Waals surface area contributed by atoms with Crippen molar-refractivity contribution in [3.8, 4) is 11.5 Å². The predicted octanol–water partition coefficient (Wildman–Crippen LogP) is 5.17. The van der Waals surface area contributed by atoms with Gasteiger partial charge in [0, 0.05) is 30.4 Å². The van der Waals surface area contributed by atoms with Crippen molar-refractivity contribution in [1.29, 1.82) is 0 Å². The highest BCUT2D eigenvalue weighted by Crippen LogP contribution is 2.48. The average molecular weight is 620 g/mol. The number of hydrogen-bond acceptors (Lipinski definition) is 10. The zero-order valence-corrected chi connectivity index (χ0v) is 26.2. The first kappa shape index (κ1) is 31.2. The molecule has 2 aromatic rings. The Hall–Kier alpha value is -4.25. The number of aliphatic imine (C=N–C) groups is 1. The molecule has 2 atom stereocenters. The second kappa shape index (κ2) is 14.0. The second-order valence-corrected chi connectivity index (χ2v) is 11.3. The van der Waals surface area contributed by atoms with Crippen LogP contribution in [0.4, 0.5) is 0 Å². The Morgan fingerprint density at radius 3 is 2.34 bits per heavy atom. The summed E-state index contributed by atoms with van der Waals surface area (Å²) in [6.45, 7) is 4.92. The summed E-state index contributed by atoms with van der Waals surface area (Å²) in [5, 5.41) is 2.54. The van der Waals surface area contributed by atoms with Crippen LogP contribution in [-0.2, 0) is 23.9 Å². The van der Waals surface area contributed by atoms with E-state index in [1.807, 2.05) is 52.8 Å². The third-order valence-electron chi connectivity index (χ3n) is 7.77. The Labute approximate surface area is 261 Å². The van der Waals surface area contributed by atoms with Gasteiger partial charge in [0.2, 0.25) is 5.91 Å². The molecule has 0 radical (unpaired) electrons. The molecule has 0 bridgehead atoms. The fourth-order valence-corrected chi connectivity index (χ4v) is 6.63. The second-order valence-electron chi connectivity index (χ2n) is 10.5. The molecule has 1 saturated heterocycles. The van der Waals surface area contributed by atoms with Crippen LogP contribution in [0.1, 0.15) is 50.3 Å². The van der Waals surface area contributed by atoms with Gasteiger partial charge in [-0.3, -0.25) is 9.59 Å². The minimum Gasteiger partial charge on any atom is -0.497 e. The van der Waals surface area contributed by atoms with Gasteiger partial charge in [0.05, 0.1) is 57.1 Å². The summed E-state index contributed by atoms with van der Waals surface area (Å²) in [6, 6.07) is 14.3. The molecular formula is C33H37N3O7S. The standard InChI is InChI=1S/C33H37N3O7S/c1-5-42-31(38)22-13-10-14-35(19-22)27(37)17-24-20-44-33-34-29(21-11-8-7-9-12-21)28(32(39)43-6-2)30(36(24)33)23-15-25(40-3)18-26(16-23)41-4/h7-9,11-12,15-16,18,20,22,30H,5-6,10,13-14,17,19H2,1-4H3/t22-,30-/m1/s1. The van der Waals surface area contributed by atoms with Gasteiger partial charge in [-0.1, -0.05) is 42.1 Å². The van der Waals surface area contributed by atoms with Crippen LogP contribution < -0.4 is 9.47 Å². The number of nitrogens with zero attached hydrogens (tertiary/aromatic N) is 3. The zero-order chi connectivity index (χ0) is 31.2. The minimum atomic E-state index is -0.691. The summed E-state index contributed by atoms with van der Waals surface area (Å²) in [4.78, 5) is 48.6. The molecule has 11 heteroatoms. The first-order valence-electron chi connectivity index (χ1n) is 14.8. The largest absolute Gasteiger partial charge is 0.497 e. The molecule has 232 valence electrons. The van der Waals surface area contributed by atoms with E-state index in [4.69, 9.17) is 23.9 Å². The highest BCUT2D eigenvalue weighted by atomic mass is 32.2. The maximum atomic E-state index is 13.8. The van der Waals surface area contributed by atoms with Crippen molar-refractivity contribution in [2.45, 2.75) is 39.2 Å². The zero-order valence-electron chi connectivity index (χ0n) is 25.4. The van der Waals surface area contributed by atoms with E-state index in [9.17, 15) is 14.4 Å². The number of ether oxygens (including phenoxy) is 4. The molecule has 0 unspecified atom stereocenters. The van der Waals surface area contributed by atoms with Gasteiger partial charge in [-0.25, -0.2) is 9.79 Å². The summed E-state index contributed by atoms with van der Waals surface area (Å²) < 4.78 is 22.0. The van der Waals surface area contributed by atoms with Gasteiger partial charge in [-0.15, -0.1) is 0 Å². The van der Waals surface area contributed by atoms with Gasteiger partial charge in [-0.05, 0) is 49.8 Å². The molecule has 10 nitrogen and oxygen atoms in total. The number of hydrogen-bond donors (Lipinski definition) is 0. The number of piperidine rings is 1. The van der Waals surface area contributed by atoms with Gasteiger partial charge in [0.25, 0.3) is 0 Å². The Bertz CT molecular complexity index is 1480. The number of benzene rings is 2. The average Bonchev–Trinajstić information content (AvgIpc) is 3.46. The van der Waals surface area contributed by atoms with Gasteiger partial charge in [0.15, 0.2) is 5.17 Å². The van der Waals surface area contributed by atoms with E-state index >= 15 is 0 Å². The molecule has 0 spiro atoms. The first-order valence-corrected chi connectivity index (χ1v) is 15.6. The van der Waals surface area contributed by atoms with Crippen LogP contribution in [0.15, 0.2) is 70.2 Å². The van der Waals surface area contributed by atoms with Gasteiger partial charge in [0.1, 0.15) is 11.5 Å². The van der Waals surface area contributed by atoms with Gasteiger partial charge >= 0.3 is 11.9 Å². The number of esters is 2. The lowest BCUT2D eigenvalue weighted by atomic mass is 9.91. The van der Waals surface area contributed by atoms with Crippen LogP contribution in [0.3, 0.4) is 0 Å². The van der Waals surface area contributed by atoms with E-state index < -0.39 is 12.0 Å². The number of carbonyl (C=O) groups is 3. The third-order valence-corrected chi connectivity index (χ3v) is 8.66. The highest BCUT2D eigenvalue weighted by Gasteiger charge is 2.43. The van der Waals surface area contributed by atoms with E-state index in [-0.39, 0.29) is 30.8 Å². The lowest BCUT2D eigenvalue weighted by Gasteiger charge is -2.38. The fraction of sp³-hybridized carbons (Fsp3) is 0.394. The van der Waals surface area contributed by atoms with Crippen LogP contribution in [0, 0.1) is 5.92 Å². The van der Waals surface area contributed by atoms with E-state index in [0.717, 1.165) is 12.0 Å². The van der Waals surface area contributed by atoms with Crippen LogP contribution in [0.25, 0.3) is 5.70 Å². The van der Waals surface area contributed by atoms with E-state index in [0.29, 0.717) is 65.3 Å². The van der Waals surface area contributed by atoms with Crippen LogP contribution in [0.5, 0.6) is 11.5 Å². The van der Waals surface area contributed by atoms with Crippen molar-refractivity contribution in [2.24, 2.45) is 10.9 Å². The number of thioether (sulfide) groups is 1. The number of carbonyl (C=O) groups excluding carboxylic acids is 3. The van der Waals surface area contributed by atoms with Crippen molar-refractivity contribution >= 4 is 40.5 Å². The molecule has 0 saturated carbocycles. The van der Waals surface area contributed by atoms with E-state index in [1.54, 1.807) is 39.0 Å². The van der Waals surface area contributed by atoms with Gasteiger partial charge < -0.3 is 28.7 Å². The molecule has 3 heterocycles. The van der Waals surface area contributed by atoms with Crippen molar-refractivity contribution < 1.29 is 33.3 Å². The Morgan fingerprint density at radius 1 is 0.977 bits per heavy atom. The number of amides is 1. The molecule has 1 amide bonds. The van der Waals surface area contributed by atoms with Crippen molar-refractivity contribution in [2.75, 3.05) is 40.5 Å². The summed E-state index contributed by atoms with van der Waals surface area (Å²) in [7, 11) is 3.14. The molecular weight excluding hydrogens is 582 g/mol. The monoisotopic (exact) mass is 619 g/mol. The summed E-state index contributed by atoms with van der Waals surface area (Å²) >= 11 is 1.40. The Balaban J connectivity index is 1.56. The quantitative estimate of drug-likeness (QED) is 0.333. The van der Waals surface area contributed by atoms with E-state index in [2.05, 4.69) is 0 Å². The van der Waals surface area contributed by atoms with Crippen LogP contribution in [-0.4, -0.2) is 73.3 Å². The number of methoxy groups -OCH3 is 2.